The molecule has 0 aromatic heterocycles. The lowest BCUT2D eigenvalue weighted by Crippen LogP contribution is -2.21. The summed E-state index contributed by atoms with van der Waals surface area (Å²) in [4.78, 5) is 13.5. The predicted molar refractivity (Wildman–Crippen MR) is 88.6 cm³/mol. The zero-order chi connectivity index (χ0) is 15.6. The number of amides is 1. The molecule has 0 radical (unpaired) electrons. The molecule has 2 aromatic rings. The molecule has 21 heavy (non-hydrogen) atoms. The third-order valence-corrected chi connectivity index (χ3v) is 3.45. The number of nitrogens with zero attached hydrogens (tertiary/aromatic N) is 1. The van der Waals surface area contributed by atoms with Gasteiger partial charge in [-0.15, -0.1) is 0 Å². The van der Waals surface area contributed by atoms with Gasteiger partial charge in [0.1, 0.15) is 0 Å². The molecule has 0 saturated heterocycles. The molecule has 4 nitrogen and oxygen atoms in total. The molecular weight excluding hydrogens is 309 g/mol. The average molecular weight is 324 g/mol. The second kappa shape index (κ2) is 6.24. The van der Waals surface area contributed by atoms with E-state index in [1.807, 2.05) is 0 Å². The largest absolute Gasteiger partial charge is 0.397 e. The molecule has 0 spiro atoms. The summed E-state index contributed by atoms with van der Waals surface area (Å²) in [6.07, 6.45) is 0. The first kappa shape index (κ1) is 15.5. The molecule has 110 valence electrons. The molecule has 0 heterocycles. The Hall–Kier alpha value is -1.91. The van der Waals surface area contributed by atoms with E-state index in [0.717, 1.165) is 0 Å². The van der Waals surface area contributed by atoms with Gasteiger partial charge in [0.15, 0.2) is 0 Å². The van der Waals surface area contributed by atoms with Crippen molar-refractivity contribution in [2.75, 3.05) is 25.1 Å². The van der Waals surface area contributed by atoms with Crippen molar-refractivity contribution in [1.29, 1.82) is 0 Å². The fourth-order valence-electron chi connectivity index (χ4n) is 1.79. The summed E-state index contributed by atoms with van der Waals surface area (Å²) in [7, 11) is 3.39. The summed E-state index contributed by atoms with van der Waals surface area (Å²) >= 11 is 12.0. The van der Waals surface area contributed by atoms with Gasteiger partial charge in [0, 0.05) is 24.7 Å². The molecule has 0 bridgehead atoms. The number of anilines is 3. The minimum Gasteiger partial charge on any atom is -0.397 e. The smallest absolute Gasteiger partial charge is 0.253 e. The second-order valence-electron chi connectivity index (χ2n) is 4.75. The van der Waals surface area contributed by atoms with E-state index < -0.39 is 0 Å². The zero-order valence-electron chi connectivity index (χ0n) is 11.7. The maximum Gasteiger partial charge on any atom is 0.253 e. The Kier molecular flexibility index (Phi) is 4.60. The Balaban J connectivity index is 2.35. The first-order valence-electron chi connectivity index (χ1n) is 6.21. The normalized spacial score (nSPS) is 10.3. The van der Waals surface area contributed by atoms with Crippen molar-refractivity contribution in [3.63, 3.8) is 0 Å². The molecular formula is C15H15Cl2N3O. The number of nitrogens with two attached hydrogens (primary N) is 1. The summed E-state index contributed by atoms with van der Waals surface area (Å²) < 4.78 is 0. The molecule has 0 atom stereocenters. The van der Waals surface area contributed by atoms with E-state index in [2.05, 4.69) is 5.32 Å². The van der Waals surface area contributed by atoms with Gasteiger partial charge in [-0.05, 0) is 36.4 Å². The number of benzene rings is 2. The number of nitrogen functional groups attached to an aromatic ring is 1. The average Bonchev–Trinajstić information content (AvgIpc) is 2.43. The molecule has 6 heteroatoms. The topological polar surface area (TPSA) is 58.4 Å². The van der Waals surface area contributed by atoms with Gasteiger partial charge in [0.05, 0.1) is 22.1 Å². The van der Waals surface area contributed by atoms with Crippen LogP contribution < -0.4 is 11.1 Å². The van der Waals surface area contributed by atoms with E-state index in [1.54, 1.807) is 50.5 Å². The standard InChI is InChI=1S/C15H15Cl2N3O/c1-20(2)15(21)9-3-5-12(18)14(7-9)19-13-6-4-10(16)8-11(13)17/h3-8,19H,18H2,1-2H3. The van der Waals surface area contributed by atoms with Crippen LogP contribution in [0.3, 0.4) is 0 Å². The van der Waals surface area contributed by atoms with Crippen LogP contribution >= 0.6 is 23.2 Å². The number of carbonyl (C=O) groups excluding carboxylic acids is 1. The summed E-state index contributed by atoms with van der Waals surface area (Å²) in [6, 6.07) is 10.2. The number of hydrogen-bond acceptors (Lipinski definition) is 3. The van der Waals surface area contributed by atoms with Crippen LogP contribution in [-0.4, -0.2) is 24.9 Å². The van der Waals surface area contributed by atoms with E-state index in [0.29, 0.717) is 32.7 Å². The summed E-state index contributed by atoms with van der Waals surface area (Å²) in [5, 5.41) is 4.14. The van der Waals surface area contributed by atoms with Gasteiger partial charge in [-0.1, -0.05) is 23.2 Å². The van der Waals surface area contributed by atoms with Gasteiger partial charge in [-0.2, -0.15) is 0 Å². The van der Waals surface area contributed by atoms with Crippen LogP contribution in [-0.2, 0) is 0 Å². The van der Waals surface area contributed by atoms with Crippen molar-refractivity contribution in [2.24, 2.45) is 0 Å². The van der Waals surface area contributed by atoms with Crippen LogP contribution in [0.4, 0.5) is 17.1 Å². The van der Waals surface area contributed by atoms with Gasteiger partial charge in [0.2, 0.25) is 0 Å². The second-order valence-corrected chi connectivity index (χ2v) is 5.59. The number of halogens is 2. The fourth-order valence-corrected chi connectivity index (χ4v) is 2.25. The van der Waals surface area contributed by atoms with E-state index in [1.165, 1.54) is 4.90 Å². The van der Waals surface area contributed by atoms with Crippen LogP contribution in [0.5, 0.6) is 0 Å². The summed E-state index contributed by atoms with van der Waals surface area (Å²) in [5.74, 6) is -0.0970. The molecule has 1 amide bonds. The predicted octanol–water partition coefficient (Wildman–Crippen LogP) is 4.02. The number of nitrogens with one attached hydrogen (secondary N) is 1. The van der Waals surface area contributed by atoms with Crippen molar-refractivity contribution < 1.29 is 4.79 Å². The van der Waals surface area contributed by atoms with Crippen molar-refractivity contribution in [3.05, 3.63) is 52.0 Å². The highest BCUT2D eigenvalue weighted by atomic mass is 35.5. The van der Waals surface area contributed by atoms with E-state index in [9.17, 15) is 4.79 Å². The van der Waals surface area contributed by atoms with Gasteiger partial charge in [-0.3, -0.25) is 4.79 Å². The minimum atomic E-state index is -0.0970. The van der Waals surface area contributed by atoms with Crippen LogP contribution in [0.1, 0.15) is 10.4 Å². The highest BCUT2D eigenvalue weighted by Gasteiger charge is 2.11. The summed E-state index contributed by atoms with van der Waals surface area (Å²) in [6.45, 7) is 0. The van der Waals surface area contributed by atoms with E-state index >= 15 is 0 Å². The lowest BCUT2D eigenvalue weighted by molar-refractivity contribution is 0.0827. The molecule has 3 N–H and O–H groups in total. The monoisotopic (exact) mass is 323 g/mol. The zero-order valence-corrected chi connectivity index (χ0v) is 13.2. The fraction of sp³-hybridized carbons (Fsp3) is 0.133. The summed E-state index contributed by atoms with van der Waals surface area (Å²) in [5.41, 5.74) is 8.29. The number of hydrogen-bond donors (Lipinski definition) is 2. The molecule has 0 unspecified atom stereocenters. The molecule has 2 aromatic carbocycles. The maximum absolute atomic E-state index is 12.0. The third-order valence-electron chi connectivity index (χ3n) is 2.91. The van der Waals surface area contributed by atoms with E-state index in [4.69, 9.17) is 28.9 Å². The first-order valence-corrected chi connectivity index (χ1v) is 6.97. The van der Waals surface area contributed by atoms with Crippen LogP contribution in [0.2, 0.25) is 10.0 Å². The van der Waals surface area contributed by atoms with Crippen LogP contribution in [0, 0.1) is 0 Å². The Morgan fingerprint density at radius 2 is 1.81 bits per heavy atom. The molecule has 0 saturated carbocycles. The third kappa shape index (κ3) is 3.60. The van der Waals surface area contributed by atoms with Crippen molar-refractivity contribution in [2.45, 2.75) is 0 Å². The molecule has 0 aliphatic heterocycles. The Bertz CT molecular complexity index is 687. The number of carbonyl (C=O) groups is 1. The first-order chi connectivity index (χ1) is 9.88. The highest BCUT2D eigenvalue weighted by Crippen LogP contribution is 2.31. The Labute approximate surface area is 133 Å². The quantitative estimate of drug-likeness (QED) is 0.838. The maximum atomic E-state index is 12.0. The lowest BCUT2D eigenvalue weighted by atomic mass is 10.1. The minimum absolute atomic E-state index is 0.0970. The van der Waals surface area contributed by atoms with E-state index in [-0.39, 0.29) is 5.91 Å². The van der Waals surface area contributed by atoms with Crippen LogP contribution in [0.25, 0.3) is 0 Å². The lowest BCUT2D eigenvalue weighted by Gasteiger charge is -2.14. The van der Waals surface area contributed by atoms with Gasteiger partial charge >= 0.3 is 0 Å². The van der Waals surface area contributed by atoms with Gasteiger partial charge < -0.3 is 16.0 Å². The Morgan fingerprint density at radius 3 is 2.43 bits per heavy atom. The Morgan fingerprint density at radius 1 is 1.10 bits per heavy atom. The van der Waals surface area contributed by atoms with Gasteiger partial charge in [0.25, 0.3) is 5.91 Å². The SMILES string of the molecule is CN(C)C(=O)c1ccc(N)c(Nc2ccc(Cl)cc2Cl)c1. The molecule has 0 fully saturated rings. The van der Waals surface area contributed by atoms with Gasteiger partial charge in [-0.25, -0.2) is 0 Å². The molecule has 2 rings (SSSR count). The van der Waals surface area contributed by atoms with Crippen molar-refractivity contribution in [1.82, 2.24) is 4.90 Å². The van der Waals surface area contributed by atoms with Crippen LogP contribution in [0.15, 0.2) is 36.4 Å². The molecule has 0 aliphatic rings. The highest BCUT2D eigenvalue weighted by molar-refractivity contribution is 6.36. The van der Waals surface area contributed by atoms with Crippen molar-refractivity contribution in [3.8, 4) is 0 Å². The number of rotatable bonds is 3. The molecule has 0 aliphatic carbocycles. The van der Waals surface area contributed by atoms with Crippen molar-refractivity contribution >= 4 is 46.2 Å².